The van der Waals surface area contributed by atoms with E-state index in [1.165, 1.54) is 0 Å². The Morgan fingerprint density at radius 3 is 2.20 bits per heavy atom. The Morgan fingerprint density at radius 1 is 0.833 bits per heavy atom. The van der Waals surface area contributed by atoms with Gasteiger partial charge in [-0.25, -0.2) is 0 Å². The van der Waals surface area contributed by atoms with Crippen molar-refractivity contribution < 1.29 is 19.1 Å². The van der Waals surface area contributed by atoms with E-state index in [2.05, 4.69) is 10.6 Å². The first-order valence-corrected chi connectivity index (χ1v) is 9.65. The summed E-state index contributed by atoms with van der Waals surface area (Å²) in [6.45, 7) is 2.81. The molecule has 0 aliphatic rings. The molecule has 2 N–H and O–H groups in total. The molecule has 0 aliphatic carbocycles. The zero-order valence-corrected chi connectivity index (χ0v) is 17.0. The third-order valence-electron chi connectivity index (χ3n) is 4.42. The quantitative estimate of drug-likeness (QED) is 0.588. The molecular formula is C24H24N2O4. The summed E-state index contributed by atoms with van der Waals surface area (Å²) in [5.74, 6) is 0.895. The summed E-state index contributed by atoms with van der Waals surface area (Å²) in [7, 11) is 1.58. The minimum absolute atomic E-state index is 0.197. The van der Waals surface area contributed by atoms with Gasteiger partial charge in [-0.05, 0) is 61.0 Å². The van der Waals surface area contributed by atoms with Gasteiger partial charge >= 0.3 is 0 Å². The van der Waals surface area contributed by atoms with Crippen LogP contribution in [0.5, 0.6) is 11.5 Å². The smallest absolute Gasteiger partial charge is 0.255 e. The Bertz CT molecular complexity index is 1000. The zero-order valence-electron chi connectivity index (χ0n) is 17.0. The van der Waals surface area contributed by atoms with E-state index >= 15 is 0 Å². The van der Waals surface area contributed by atoms with Gasteiger partial charge in [0.25, 0.3) is 11.8 Å². The molecular weight excluding hydrogens is 380 g/mol. The number of benzene rings is 3. The predicted octanol–water partition coefficient (Wildman–Crippen LogP) is 4.28. The molecule has 0 radical (unpaired) electrons. The summed E-state index contributed by atoms with van der Waals surface area (Å²) >= 11 is 0. The summed E-state index contributed by atoms with van der Waals surface area (Å²) in [6, 6.07) is 21.3. The van der Waals surface area contributed by atoms with Crippen LogP contribution in [0.25, 0.3) is 0 Å². The lowest BCUT2D eigenvalue weighted by Crippen LogP contribution is -2.22. The molecule has 0 heterocycles. The van der Waals surface area contributed by atoms with Crippen molar-refractivity contribution in [3.05, 3.63) is 89.5 Å². The lowest BCUT2D eigenvalue weighted by molar-refractivity contribution is 0.0950. The highest BCUT2D eigenvalue weighted by atomic mass is 16.5. The van der Waals surface area contributed by atoms with E-state index in [-0.39, 0.29) is 11.8 Å². The maximum atomic E-state index is 12.4. The van der Waals surface area contributed by atoms with Gasteiger partial charge in [-0.2, -0.15) is 0 Å². The van der Waals surface area contributed by atoms with Crippen molar-refractivity contribution in [2.24, 2.45) is 0 Å². The van der Waals surface area contributed by atoms with E-state index in [0.29, 0.717) is 41.5 Å². The summed E-state index contributed by atoms with van der Waals surface area (Å²) in [5, 5.41) is 5.70. The molecule has 0 fully saturated rings. The van der Waals surface area contributed by atoms with Crippen molar-refractivity contribution in [3.63, 3.8) is 0 Å². The molecule has 154 valence electrons. The Labute approximate surface area is 175 Å². The molecule has 0 bridgehead atoms. The molecule has 0 atom stereocenters. The number of rotatable bonds is 8. The molecule has 0 saturated carbocycles. The normalized spacial score (nSPS) is 10.2. The van der Waals surface area contributed by atoms with Crippen LogP contribution >= 0.6 is 0 Å². The third-order valence-corrected chi connectivity index (χ3v) is 4.42. The van der Waals surface area contributed by atoms with Crippen molar-refractivity contribution in [2.45, 2.75) is 13.5 Å². The number of anilines is 1. The molecule has 3 rings (SSSR count). The average molecular weight is 404 g/mol. The fourth-order valence-electron chi connectivity index (χ4n) is 2.88. The third kappa shape index (κ3) is 5.38. The summed E-state index contributed by atoms with van der Waals surface area (Å²) in [6.07, 6.45) is 0. The Balaban J connectivity index is 1.58. The molecule has 6 heteroatoms. The van der Waals surface area contributed by atoms with Gasteiger partial charge in [0, 0.05) is 23.4 Å². The topological polar surface area (TPSA) is 76.7 Å². The fraction of sp³-hybridized carbons (Fsp3) is 0.167. The first-order chi connectivity index (χ1) is 14.6. The van der Waals surface area contributed by atoms with Gasteiger partial charge in [0.15, 0.2) is 11.5 Å². The predicted molar refractivity (Wildman–Crippen MR) is 116 cm³/mol. The Kier molecular flexibility index (Phi) is 7.05. The molecule has 0 saturated heterocycles. The van der Waals surface area contributed by atoms with Crippen LogP contribution in [0.15, 0.2) is 72.8 Å². The van der Waals surface area contributed by atoms with Gasteiger partial charge in [-0.1, -0.05) is 24.3 Å². The lowest BCUT2D eigenvalue weighted by Gasteiger charge is -2.12. The molecule has 3 aromatic rings. The number of methoxy groups -OCH3 is 1. The maximum absolute atomic E-state index is 12.4. The minimum atomic E-state index is -0.205. The average Bonchev–Trinajstić information content (AvgIpc) is 2.79. The summed E-state index contributed by atoms with van der Waals surface area (Å²) in [5.41, 5.74) is 2.60. The van der Waals surface area contributed by atoms with E-state index in [4.69, 9.17) is 9.47 Å². The second-order valence-corrected chi connectivity index (χ2v) is 6.50. The van der Waals surface area contributed by atoms with Crippen molar-refractivity contribution in [1.82, 2.24) is 5.32 Å². The van der Waals surface area contributed by atoms with Gasteiger partial charge in [0.1, 0.15) is 0 Å². The van der Waals surface area contributed by atoms with Gasteiger partial charge in [0.05, 0.1) is 13.7 Å². The van der Waals surface area contributed by atoms with Crippen molar-refractivity contribution in [2.75, 3.05) is 19.0 Å². The number of carbonyl (C=O) groups excluding carboxylic acids is 2. The largest absolute Gasteiger partial charge is 0.493 e. The highest BCUT2D eigenvalue weighted by Gasteiger charge is 2.10. The Hall–Kier alpha value is -3.80. The summed E-state index contributed by atoms with van der Waals surface area (Å²) < 4.78 is 10.8. The van der Waals surface area contributed by atoms with Crippen LogP contribution in [0.4, 0.5) is 5.69 Å². The highest BCUT2D eigenvalue weighted by Crippen LogP contribution is 2.28. The SMILES string of the molecule is CCOc1ccc(CNC(=O)c2ccc(NC(=O)c3ccccc3)cc2)cc1OC. The molecule has 0 aliphatic heterocycles. The monoisotopic (exact) mass is 404 g/mol. The molecule has 3 aromatic carbocycles. The molecule has 0 spiro atoms. The van der Waals surface area contributed by atoms with Crippen molar-refractivity contribution in [3.8, 4) is 11.5 Å². The van der Waals surface area contributed by atoms with Crippen LogP contribution in [0.1, 0.15) is 33.2 Å². The van der Waals surface area contributed by atoms with Gasteiger partial charge in [-0.15, -0.1) is 0 Å². The molecule has 0 unspecified atom stereocenters. The Morgan fingerprint density at radius 2 is 1.53 bits per heavy atom. The van der Waals surface area contributed by atoms with Gasteiger partial charge in [-0.3, -0.25) is 9.59 Å². The van der Waals surface area contributed by atoms with E-state index < -0.39 is 0 Å². The number of carbonyl (C=O) groups is 2. The van der Waals surface area contributed by atoms with E-state index in [9.17, 15) is 9.59 Å². The van der Waals surface area contributed by atoms with E-state index in [1.807, 2.05) is 43.3 Å². The van der Waals surface area contributed by atoms with E-state index in [1.54, 1.807) is 43.5 Å². The van der Waals surface area contributed by atoms with Crippen LogP contribution in [0, 0.1) is 0 Å². The highest BCUT2D eigenvalue weighted by molar-refractivity contribution is 6.04. The minimum Gasteiger partial charge on any atom is -0.493 e. The number of nitrogens with one attached hydrogen (secondary N) is 2. The first kappa shape index (κ1) is 20.9. The van der Waals surface area contributed by atoms with Crippen molar-refractivity contribution in [1.29, 1.82) is 0 Å². The number of ether oxygens (including phenoxy) is 2. The molecule has 2 amide bonds. The van der Waals surface area contributed by atoms with Gasteiger partial charge < -0.3 is 20.1 Å². The van der Waals surface area contributed by atoms with Crippen LogP contribution in [0.2, 0.25) is 0 Å². The fourth-order valence-corrected chi connectivity index (χ4v) is 2.88. The molecule has 30 heavy (non-hydrogen) atoms. The van der Waals surface area contributed by atoms with Crippen LogP contribution in [-0.2, 0) is 6.54 Å². The number of hydrogen-bond acceptors (Lipinski definition) is 4. The first-order valence-electron chi connectivity index (χ1n) is 9.65. The standard InChI is InChI=1S/C24H24N2O4/c1-3-30-21-14-9-17(15-22(21)29-2)16-25-23(27)19-10-12-20(13-11-19)26-24(28)18-7-5-4-6-8-18/h4-15H,3,16H2,1-2H3,(H,25,27)(H,26,28). The van der Waals surface area contributed by atoms with Crippen LogP contribution in [0.3, 0.4) is 0 Å². The lowest BCUT2D eigenvalue weighted by atomic mass is 10.1. The number of hydrogen-bond donors (Lipinski definition) is 2. The van der Waals surface area contributed by atoms with Crippen LogP contribution < -0.4 is 20.1 Å². The van der Waals surface area contributed by atoms with Crippen molar-refractivity contribution >= 4 is 17.5 Å². The molecule has 0 aromatic heterocycles. The van der Waals surface area contributed by atoms with Crippen LogP contribution in [-0.4, -0.2) is 25.5 Å². The second-order valence-electron chi connectivity index (χ2n) is 6.50. The zero-order chi connectivity index (χ0) is 21.3. The number of amides is 2. The molecule has 6 nitrogen and oxygen atoms in total. The summed E-state index contributed by atoms with van der Waals surface area (Å²) in [4.78, 5) is 24.6. The van der Waals surface area contributed by atoms with Gasteiger partial charge in [0.2, 0.25) is 0 Å². The van der Waals surface area contributed by atoms with E-state index in [0.717, 1.165) is 5.56 Å². The second kappa shape index (κ2) is 10.1. The maximum Gasteiger partial charge on any atom is 0.255 e.